The number of urea groups is 1. The third-order valence-electron chi connectivity index (χ3n) is 3.80. The van der Waals surface area contributed by atoms with Crippen molar-refractivity contribution in [3.8, 4) is 5.75 Å². The molecule has 2 atom stereocenters. The van der Waals surface area contributed by atoms with Crippen LogP contribution in [0.2, 0.25) is 0 Å². The van der Waals surface area contributed by atoms with Gasteiger partial charge >= 0.3 is 6.03 Å². The van der Waals surface area contributed by atoms with Crippen LogP contribution in [0.15, 0.2) is 24.3 Å². The van der Waals surface area contributed by atoms with Crippen molar-refractivity contribution in [2.24, 2.45) is 0 Å². The minimum Gasteiger partial charge on any atom is -0.497 e. The molecular formula is C15H22N2O4S. The van der Waals surface area contributed by atoms with E-state index in [1.807, 2.05) is 31.2 Å². The first-order chi connectivity index (χ1) is 10.4. The smallest absolute Gasteiger partial charge is 0.315 e. The van der Waals surface area contributed by atoms with E-state index in [9.17, 15) is 13.2 Å². The van der Waals surface area contributed by atoms with Crippen molar-refractivity contribution in [1.82, 2.24) is 10.6 Å². The molecule has 0 bridgehead atoms. The van der Waals surface area contributed by atoms with E-state index >= 15 is 0 Å². The lowest BCUT2D eigenvalue weighted by Gasteiger charge is -2.20. The van der Waals surface area contributed by atoms with Gasteiger partial charge in [0.15, 0.2) is 9.84 Å². The topological polar surface area (TPSA) is 84.5 Å². The molecule has 22 heavy (non-hydrogen) atoms. The van der Waals surface area contributed by atoms with Crippen LogP contribution < -0.4 is 15.4 Å². The molecular weight excluding hydrogens is 304 g/mol. The minimum atomic E-state index is -2.99. The van der Waals surface area contributed by atoms with E-state index in [1.165, 1.54) is 0 Å². The first-order valence-corrected chi connectivity index (χ1v) is 9.17. The molecule has 0 spiro atoms. The summed E-state index contributed by atoms with van der Waals surface area (Å²) < 4.78 is 27.9. The molecule has 0 radical (unpaired) electrons. The molecule has 0 saturated carbocycles. The average molecular weight is 326 g/mol. The Balaban J connectivity index is 1.93. The number of nitrogens with one attached hydrogen (secondary N) is 2. The summed E-state index contributed by atoms with van der Waals surface area (Å²) in [6.45, 7) is 1.98. The number of carbonyl (C=O) groups excluding carboxylic acids is 1. The predicted molar refractivity (Wildman–Crippen MR) is 84.8 cm³/mol. The Bertz CT molecular complexity index is 613. The van der Waals surface area contributed by atoms with Crippen LogP contribution in [0.4, 0.5) is 4.79 Å². The number of carbonyl (C=O) groups is 1. The Hall–Kier alpha value is -1.76. The average Bonchev–Trinajstić information content (AvgIpc) is 2.83. The van der Waals surface area contributed by atoms with Crippen LogP contribution in [-0.4, -0.2) is 39.1 Å². The van der Waals surface area contributed by atoms with Crippen LogP contribution in [0, 0.1) is 0 Å². The van der Waals surface area contributed by atoms with E-state index in [1.54, 1.807) is 7.11 Å². The van der Waals surface area contributed by atoms with Crippen LogP contribution in [-0.2, 0) is 9.84 Å². The van der Waals surface area contributed by atoms with E-state index < -0.39 is 9.84 Å². The summed E-state index contributed by atoms with van der Waals surface area (Å²) in [5.41, 5.74) is 0.984. The molecule has 122 valence electrons. The number of methoxy groups -OCH3 is 1. The van der Waals surface area contributed by atoms with Gasteiger partial charge in [0, 0.05) is 6.04 Å². The van der Waals surface area contributed by atoms with E-state index in [2.05, 4.69) is 10.6 Å². The highest BCUT2D eigenvalue weighted by Gasteiger charge is 2.29. The molecule has 1 aromatic rings. The fraction of sp³-hybridized carbons (Fsp3) is 0.533. The molecule has 6 nitrogen and oxygen atoms in total. The molecule has 1 aliphatic rings. The number of ether oxygens (including phenoxy) is 1. The van der Waals surface area contributed by atoms with Gasteiger partial charge in [-0.15, -0.1) is 0 Å². The van der Waals surface area contributed by atoms with E-state index in [-0.39, 0.29) is 29.6 Å². The number of hydrogen-bond acceptors (Lipinski definition) is 4. The fourth-order valence-corrected chi connectivity index (χ4v) is 4.22. The van der Waals surface area contributed by atoms with Crippen molar-refractivity contribution in [2.45, 2.75) is 31.8 Å². The van der Waals surface area contributed by atoms with Crippen LogP contribution >= 0.6 is 0 Å². The van der Waals surface area contributed by atoms with Gasteiger partial charge in [-0.2, -0.15) is 0 Å². The first kappa shape index (κ1) is 16.6. The van der Waals surface area contributed by atoms with Crippen molar-refractivity contribution in [2.75, 3.05) is 18.6 Å². The van der Waals surface area contributed by atoms with Gasteiger partial charge in [-0.05, 0) is 30.5 Å². The summed E-state index contributed by atoms with van der Waals surface area (Å²) in [7, 11) is -1.39. The van der Waals surface area contributed by atoms with Crippen molar-refractivity contribution < 1.29 is 17.9 Å². The quantitative estimate of drug-likeness (QED) is 0.861. The Morgan fingerprint density at radius 2 is 2.05 bits per heavy atom. The summed E-state index contributed by atoms with van der Waals surface area (Å²) in [5, 5.41) is 5.63. The third kappa shape index (κ3) is 4.37. The van der Waals surface area contributed by atoms with Gasteiger partial charge in [-0.3, -0.25) is 0 Å². The standard InChI is InChI=1S/C15H22N2O4S/c1-3-14(11-4-6-13(21-2)7-5-11)17-15(18)16-12-8-9-22(19,20)10-12/h4-7,12,14H,3,8-10H2,1-2H3,(H2,16,17,18)/t12-,14+/m1/s1. The molecule has 1 aliphatic heterocycles. The maximum Gasteiger partial charge on any atom is 0.315 e. The maximum absolute atomic E-state index is 12.0. The molecule has 0 aromatic heterocycles. The second-order valence-corrected chi connectivity index (χ2v) is 7.68. The highest BCUT2D eigenvalue weighted by Crippen LogP contribution is 2.20. The maximum atomic E-state index is 12.0. The minimum absolute atomic E-state index is 0.0275. The zero-order chi connectivity index (χ0) is 16.2. The van der Waals surface area contributed by atoms with Gasteiger partial charge in [0.25, 0.3) is 0 Å². The lowest BCUT2D eigenvalue weighted by Crippen LogP contribution is -2.43. The normalized spacial score (nSPS) is 21.1. The summed E-state index contributed by atoms with van der Waals surface area (Å²) >= 11 is 0. The van der Waals surface area contributed by atoms with Crippen molar-refractivity contribution in [1.29, 1.82) is 0 Å². The van der Waals surface area contributed by atoms with Gasteiger partial charge in [-0.25, -0.2) is 13.2 Å². The van der Waals surface area contributed by atoms with Crippen molar-refractivity contribution in [3.63, 3.8) is 0 Å². The van der Waals surface area contributed by atoms with E-state index in [4.69, 9.17) is 4.74 Å². The molecule has 2 amide bonds. The molecule has 0 aliphatic carbocycles. The van der Waals surface area contributed by atoms with Gasteiger partial charge in [0.05, 0.1) is 24.7 Å². The molecule has 7 heteroatoms. The van der Waals surface area contributed by atoms with E-state index in [0.717, 1.165) is 17.7 Å². The Labute approximate surface area is 131 Å². The Morgan fingerprint density at radius 3 is 2.55 bits per heavy atom. The number of rotatable bonds is 5. The highest BCUT2D eigenvalue weighted by atomic mass is 32.2. The lowest BCUT2D eigenvalue weighted by atomic mass is 10.0. The molecule has 1 saturated heterocycles. The number of amides is 2. The van der Waals surface area contributed by atoms with Crippen molar-refractivity contribution in [3.05, 3.63) is 29.8 Å². The van der Waals surface area contributed by atoms with Gasteiger partial charge in [-0.1, -0.05) is 19.1 Å². The zero-order valence-corrected chi connectivity index (χ0v) is 13.7. The largest absolute Gasteiger partial charge is 0.497 e. The molecule has 1 aromatic carbocycles. The molecule has 0 unspecified atom stereocenters. The summed E-state index contributed by atoms with van der Waals surface area (Å²) in [6, 6.07) is 6.77. The SMILES string of the molecule is CC[C@H](NC(=O)N[C@@H]1CCS(=O)(=O)C1)c1ccc(OC)cc1. The Morgan fingerprint density at radius 1 is 1.36 bits per heavy atom. The molecule has 2 N–H and O–H groups in total. The van der Waals surface area contributed by atoms with Gasteiger partial charge < -0.3 is 15.4 Å². The second-order valence-electron chi connectivity index (χ2n) is 5.45. The van der Waals surface area contributed by atoms with Gasteiger partial charge in [0.1, 0.15) is 5.75 Å². The van der Waals surface area contributed by atoms with E-state index in [0.29, 0.717) is 6.42 Å². The summed E-state index contributed by atoms with van der Waals surface area (Å²) in [4.78, 5) is 12.0. The number of benzene rings is 1. The number of hydrogen-bond donors (Lipinski definition) is 2. The Kier molecular flexibility index (Phi) is 5.28. The first-order valence-electron chi connectivity index (χ1n) is 7.35. The summed E-state index contributed by atoms with van der Waals surface area (Å²) in [6.07, 6.45) is 1.22. The fourth-order valence-electron chi connectivity index (χ4n) is 2.55. The third-order valence-corrected chi connectivity index (χ3v) is 5.57. The highest BCUT2D eigenvalue weighted by molar-refractivity contribution is 7.91. The zero-order valence-electron chi connectivity index (χ0n) is 12.8. The monoisotopic (exact) mass is 326 g/mol. The lowest BCUT2D eigenvalue weighted by molar-refractivity contribution is 0.233. The summed E-state index contributed by atoms with van der Waals surface area (Å²) in [5.74, 6) is 0.937. The number of sulfone groups is 1. The van der Waals surface area contributed by atoms with Crippen LogP contribution in [0.1, 0.15) is 31.4 Å². The van der Waals surface area contributed by atoms with Crippen LogP contribution in [0.25, 0.3) is 0 Å². The molecule has 1 fully saturated rings. The van der Waals surface area contributed by atoms with Gasteiger partial charge in [0.2, 0.25) is 0 Å². The molecule has 1 heterocycles. The van der Waals surface area contributed by atoms with Crippen molar-refractivity contribution >= 4 is 15.9 Å². The van der Waals surface area contributed by atoms with Crippen LogP contribution in [0.3, 0.4) is 0 Å². The predicted octanol–water partition coefficient (Wildman–Crippen LogP) is 1.63. The second kappa shape index (κ2) is 7.00. The molecule has 2 rings (SSSR count). The van der Waals surface area contributed by atoms with Crippen LogP contribution in [0.5, 0.6) is 5.75 Å².